The van der Waals surface area contributed by atoms with Crippen molar-refractivity contribution in [2.75, 3.05) is 28.4 Å². The summed E-state index contributed by atoms with van der Waals surface area (Å²) in [6.07, 6.45) is 3.34. The third kappa shape index (κ3) is 15.2. The topological polar surface area (TPSA) is 142 Å². The van der Waals surface area contributed by atoms with Gasteiger partial charge in [-0.25, -0.2) is 0 Å². The van der Waals surface area contributed by atoms with Gasteiger partial charge in [0.05, 0.1) is 39.0 Å². The van der Waals surface area contributed by atoms with E-state index in [9.17, 15) is 19.2 Å². The van der Waals surface area contributed by atoms with E-state index in [0.29, 0.717) is 48.7 Å². The van der Waals surface area contributed by atoms with Crippen LogP contribution in [0.3, 0.4) is 0 Å². The van der Waals surface area contributed by atoms with Crippen LogP contribution >= 0.6 is 16.8 Å². The molecule has 0 amide bonds. The summed E-state index contributed by atoms with van der Waals surface area (Å²) in [7, 11) is 2.22. The minimum absolute atomic E-state index is 0.266. The normalized spacial score (nSPS) is 10.8. The van der Waals surface area contributed by atoms with Crippen molar-refractivity contribution >= 4 is 51.2 Å². The molecule has 0 spiro atoms. The molecule has 6 rings (SSSR count). The van der Waals surface area contributed by atoms with Crippen molar-refractivity contribution in [1.82, 2.24) is 0 Å². The van der Waals surface area contributed by atoms with Crippen LogP contribution < -0.4 is 28.7 Å². The van der Waals surface area contributed by atoms with Crippen LogP contribution in [0.15, 0.2) is 146 Å². The standard InChI is InChI=1S/C52H52O12P2/c1-57-49(53)33-13-37-5-21-43(22-6-37)61-65(62-44-23-7-38(8-24-44)14-34-50(54)58-2)47-29-17-41(18-30-47)42-19-31-48(32-20-42)66(63-45-25-9-39(10-26-45)15-35-51(55)59-3)64-46-27-11-40(12-28-46)16-36-52(56)60-4/h5-12,17-32H,13-16,33-36H2,1-4H3. The molecule has 6 aromatic rings. The number of esters is 4. The van der Waals surface area contributed by atoms with Crippen molar-refractivity contribution in [3.63, 3.8) is 0 Å². The first kappa shape index (κ1) is 48.7. The molecule has 6 aromatic carbocycles. The van der Waals surface area contributed by atoms with Gasteiger partial charge in [0.25, 0.3) is 0 Å². The Labute approximate surface area is 387 Å². The Hall–Kier alpha value is -6.74. The highest BCUT2D eigenvalue weighted by Crippen LogP contribution is 2.42. The molecule has 0 N–H and O–H groups in total. The van der Waals surface area contributed by atoms with Gasteiger partial charge in [0.1, 0.15) is 23.0 Å². The Morgan fingerprint density at radius 2 is 0.530 bits per heavy atom. The lowest BCUT2D eigenvalue weighted by molar-refractivity contribution is -0.141. The van der Waals surface area contributed by atoms with Crippen molar-refractivity contribution in [2.45, 2.75) is 51.4 Å². The molecule has 0 heterocycles. The smallest absolute Gasteiger partial charge is 0.326 e. The third-order valence-corrected chi connectivity index (χ3v) is 13.3. The fourth-order valence-electron chi connectivity index (χ4n) is 6.44. The van der Waals surface area contributed by atoms with E-state index in [4.69, 9.17) is 37.0 Å². The summed E-state index contributed by atoms with van der Waals surface area (Å²) in [6.45, 7) is 0. The monoisotopic (exact) mass is 930 g/mol. The zero-order valence-corrected chi connectivity index (χ0v) is 39.1. The van der Waals surface area contributed by atoms with E-state index >= 15 is 0 Å². The van der Waals surface area contributed by atoms with Crippen LogP contribution in [0, 0.1) is 0 Å². The van der Waals surface area contributed by atoms with E-state index in [0.717, 1.165) is 44.0 Å². The predicted molar refractivity (Wildman–Crippen MR) is 255 cm³/mol. The van der Waals surface area contributed by atoms with Crippen LogP contribution in [0.25, 0.3) is 11.1 Å². The number of hydrogen-bond donors (Lipinski definition) is 0. The molecule has 0 aliphatic heterocycles. The van der Waals surface area contributed by atoms with Crippen LogP contribution in [0.1, 0.15) is 47.9 Å². The summed E-state index contributed by atoms with van der Waals surface area (Å²) in [4.78, 5) is 46.8. The summed E-state index contributed by atoms with van der Waals surface area (Å²) >= 11 is 0. The molecule has 0 aliphatic rings. The largest absolute Gasteiger partial charge is 0.469 e. The molecule has 66 heavy (non-hydrogen) atoms. The molecule has 0 radical (unpaired) electrons. The van der Waals surface area contributed by atoms with Crippen LogP contribution in [0.2, 0.25) is 0 Å². The van der Waals surface area contributed by atoms with Crippen LogP contribution in [-0.4, -0.2) is 52.3 Å². The zero-order chi connectivity index (χ0) is 46.7. The second-order valence-corrected chi connectivity index (χ2v) is 17.6. The number of carbonyl (C=O) groups excluding carboxylic acids is 4. The molecule has 342 valence electrons. The second-order valence-electron chi connectivity index (χ2n) is 14.9. The first-order valence-electron chi connectivity index (χ1n) is 21.3. The van der Waals surface area contributed by atoms with Gasteiger partial charge in [-0.3, -0.25) is 19.2 Å². The quantitative estimate of drug-likeness (QED) is 0.0343. The van der Waals surface area contributed by atoms with E-state index in [1.165, 1.54) is 28.4 Å². The fraction of sp³-hybridized carbons (Fsp3) is 0.231. The lowest BCUT2D eigenvalue weighted by Crippen LogP contribution is -2.11. The Balaban J connectivity index is 1.20. The third-order valence-electron chi connectivity index (χ3n) is 10.3. The van der Waals surface area contributed by atoms with Crippen molar-refractivity contribution < 1.29 is 56.2 Å². The highest BCUT2D eigenvalue weighted by atomic mass is 31.2. The Bertz CT molecular complexity index is 2170. The van der Waals surface area contributed by atoms with Gasteiger partial charge < -0.3 is 37.0 Å². The van der Waals surface area contributed by atoms with Crippen molar-refractivity contribution in [2.24, 2.45) is 0 Å². The van der Waals surface area contributed by atoms with Crippen LogP contribution in [-0.2, 0) is 63.8 Å². The minimum atomic E-state index is -1.65. The number of carbonyl (C=O) groups is 4. The van der Waals surface area contributed by atoms with E-state index < -0.39 is 16.8 Å². The summed E-state index contributed by atoms with van der Waals surface area (Å²) in [5.74, 6) is 1.39. The predicted octanol–water partition coefficient (Wildman–Crippen LogP) is 9.97. The van der Waals surface area contributed by atoms with Gasteiger partial charge in [-0.05, 0) is 132 Å². The number of ether oxygens (including phenoxy) is 4. The highest BCUT2D eigenvalue weighted by molar-refractivity contribution is 7.57. The van der Waals surface area contributed by atoms with Gasteiger partial charge in [-0.15, -0.1) is 0 Å². The number of methoxy groups -OCH3 is 4. The molecule has 12 nitrogen and oxygen atoms in total. The lowest BCUT2D eigenvalue weighted by Gasteiger charge is -2.20. The summed E-state index contributed by atoms with van der Waals surface area (Å²) < 4.78 is 45.2. The molecule has 0 unspecified atom stereocenters. The minimum Gasteiger partial charge on any atom is -0.469 e. The first-order chi connectivity index (χ1) is 32.1. The number of hydrogen-bond acceptors (Lipinski definition) is 12. The second kappa shape index (κ2) is 25.1. The Kier molecular flexibility index (Phi) is 18.5. The highest BCUT2D eigenvalue weighted by Gasteiger charge is 2.21. The van der Waals surface area contributed by atoms with Crippen molar-refractivity contribution in [3.8, 4) is 34.1 Å². The molecule has 0 saturated carbocycles. The maximum absolute atomic E-state index is 11.7. The fourth-order valence-corrected chi connectivity index (χ4v) is 8.98. The van der Waals surface area contributed by atoms with Gasteiger partial charge in [-0.2, -0.15) is 0 Å². The van der Waals surface area contributed by atoms with Crippen LogP contribution in [0.4, 0.5) is 0 Å². The average Bonchev–Trinajstić information content (AvgIpc) is 3.37. The van der Waals surface area contributed by atoms with Crippen molar-refractivity contribution in [1.29, 1.82) is 0 Å². The van der Waals surface area contributed by atoms with Gasteiger partial charge >= 0.3 is 40.6 Å². The van der Waals surface area contributed by atoms with Crippen LogP contribution in [0.5, 0.6) is 23.0 Å². The molecular formula is C52H52O12P2. The first-order valence-corrected chi connectivity index (χ1v) is 23.6. The van der Waals surface area contributed by atoms with E-state index in [-0.39, 0.29) is 49.6 Å². The number of benzene rings is 6. The summed E-state index contributed by atoms with van der Waals surface area (Å²) in [5.41, 5.74) is 5.86. The zero-order valence-electron chi connectivity index (χ0n) is 37.3. The maximum atomic E-state index is 11.7. The van der Waals surface area contributed by atoms with Crippen molar-refractivity contribution in [3.05, 3.63) is 168 Å². The molecule has 0 aromatic heterocycles. The van der Waals surface area contributed by atoms with E-state index in [2.05, 4.69) is 0 Å². The van der Waals surface area contributed by atoms with Gasteiger partial charge in [0.15, 0.2) is 0 Å². The Morgan fingerprint density at radius 3 is 0.727 bits per heavy atom. The molecule has 0 saturated heterocycles. The molecule has 0 atom stereocenters. The average molecular weight is 931 g/mol. The van der Waals surface area contributed by atoms with E-state index in [1.807, 2.05) is 146 Å². The Morgan fingerprint density at radius 1 is 0.318 bits per heavy atom. The summed E-state index contributed by atoms with van der Waals surface area (Å²) in [5, 5.41) is 1.68. The SMILES string of the molecule is COC(=O)CCc1ccc(OP(Oc2ccc(CCC(=O)OC)cc2)c2ccc(-c3ccc(P(Oc4ccc(CCC(=O)OC)cc4)Oc4ccc(CCC(=O)OC)cc4)cc3)cc2)cc1. The van der Waals surface area contributed by atoms with E-state index in [1.54, 1.807) is 0 Å². The molecular weight excluding hydrogens is 879 g/mol. The van der Waals surface area contributed by atoms with Gasteiger partial charge in [0.2, 0.25) is 0 Å². The van der Waals surface area contributed by atoms with Gasteiger partial charge in [-0.1, -0.05) is 72.8 Å². The maximum Gasteiger partial charge on any atom is 0.326 e. The number of aryl methyl sites for hydroxylation is 4. The number of rotatable bonds is 23. The lowest BCUT2D eigenvalue weighted by atomic mass is 10.1. The molecule has 0 aliphatic carbocycles. The molecule has 0 bridgehead atoms. The molecule has 14 heteroatoms. The van der Waals surface area contributed by atoms with Gasteiger partial charge in [0, 0.05) is 25.7 Å². The summed E-state index contributed by atoms with van der Waals surface area (Å²) in [6, 6.07) is 46.4. The molecule has 0 fully saturated rings.